The molecule has 6 nitrogen and oxygen atoms in total. The summed E-state index contributed by atoms with van der Waals surface area (Å²) in [6.45, 7) is 3.53. The van der Waals surface area contributed by atoms with E-state index in [4.69, 9.17) is 4.52 Å². The van der Waals surface area contributed by atoms with E-state index in [1.54, 1.807) is 38.1 Å². The molecule has 3 aromatic rings. The molecule has 0 unspecified atom stereocenters. The molecule has 0 bridgehead atoms. The minimum absolute atomic E-state index is 0.132. The van der Waals surface area contributed by atoms with Crippen molar-refractivity contribution in [2.75, 3.05) is 10.6 Å². The predicted octanol–water partition coefficient (Wildman–Crippen LogP) is 3.86. The number of aryl methyl sites for hydroxylation is 2. The highest BCUT2D eigenvalue weighted by Gasteiger charge is 2.14. The Morgan fingerprint density at radius 2 is 1.78 bits per heavy atom. The van der Waals surface area contributed by atoms with Crippen LogP contribution in [0.3, 0.4) is 0 Å². The first kappa shape index (κ1) is 18.3. The smallest absolute Gasteiger partial charge is 0.255 e. The highest BCUT2D eigenvalue weighted by Crippen LogP contribution is 2.16. The van der Waals surface area contributed by atoms with Gasteiger partial charge in [0.2, 0.25) is 5.91 Å². The molecule has 0 fully saturated rings. The molecule has 0 radical (unpaired) electrons. The summed E-state index contributed by atoms with van der Waals surface area (Å²) in [5, 5.41) is 9.27. The molecular weight excluding hydrogens is 349 g/mol. The van der Waals surface area contributed by atoms with Crippen LogP contribution < -0.4 is 10.6 Å². The van der Waals surface area contributed by atoms with E-state index in [0.717, 1.165) is 5.56 Å². The Morgan fingerprint density at radius 1 is 1.04 bits per heavy atom. The van der Waals surface area contributed by atoms with E-state index in [-0.39, 0.29) is 24.1 Å². The standard InChI is InChI=1S/C20H18FN3O3/c1-12-18(13(2)27-24-12)11-19(25)22-17-5-3-4-14(10-17)20(26)23-16-8-6-15(21)7-9-16/h3-10H,11H2,1-2H3,(H,22,25)(H,23,26). The van der Waals surface area contributed by atoms with Crippen molar-refractivity contribution in [3.63, 3.8) is 0 Å². The lowest BCUT2D eigenvalue weighted by atomic mass is 10.1. The molecule has 0 aliphatic carbocycles. The Kier molecular flexibility index (Phi) is 5.30. The van der Waals surface area contributed by atoms with Gasteiger partial charge in [-0.2, -0.15) is 0 Å². The summed E-state index contributed by atoms with van der Waals surface area (Å²) >= 11 is 0. The molecule has 2 aromatic carbocycles. The molecule has 138 valence electrons. The van der Waals surface area contributed by atoms with Crippen LogP contribution in [0.2, 0.25) is 0 Å². The zero-order valence-corrected chi connectivity index (χ0v) is 14.9. The maximum Gasteiger partial charge on any atom is 0.255 e. The molecule has 0 saturated carbocycles. The Balaban J connectivity index is 1.67. The second kappa shape index (κ2) is 7.82. The second-order valence-corrected chi connectivity index (χ2v) is 6.07. The third-order valence-corrected chi connectivity index (χ3v) is 4.03. The number of carbonyl (C=O) groups is 2. The molecule has 2 amide bonds. The highest BCUT2D eigenvalue weighted by molar-refractivity contribution is 6.05. The fourth-order valence-corrected chi connectivity index (χ4v) is 2.59. The van der Waals surface area contributed by atoms with E-state index in [9.17, 15) is 14.0 Å². The van der Waals surface area contributed by atoms with Gasteiger partial charge in [-0.3, -0.25) is 9.59 Å². The number of amides is 2. The van der Waals surface area contributed by atoms with E-state index < -0.39 is 0 Å². The van der Waals surface area contributed by atoms with Crippen molar-refractivity contribution < 1.29 is 18.5 Å². The van der Waals surface area contributed by atoms with Gasteiger partial charge in [-0.15, -0.1) is 0 Å². The van der Waals surface area contributed by atoms with Crippen LogP contribution in [-0.2, 0) is 11.2 Å². The maximum atomic E-state index is 12.9. The number of rotatable bonds is 5. The highest BCUT2D eigenvalue weighted by atomic mass is 19.1. The predicted molar refractivity (Wildman–Crippen MR) is 99.1 cm³/mol. The van der Waals surface area contributed by atoms with Crippen molar-refractivity contribution in [2.24, 2.45) is 0 Å². The van der Waals surface area contributed by atoms with Crippen LogP contribution in [0.5, 0.6) is 0 Å². The Morgan fingerprint density at radius 3 is 2.44 bits per heavy atom. The summed E-state index contributed by atoms with van der Waals surface area (Å²) in [6, 6.07) is 12.0. The van der Waals surface area contributed by atoms with Crippen molar-refractivity contribution >= 4 is 23.2 Å². The number of benzene rings is 2. The minimum Gasteiger partial charge on any atom is -0.361 e. The first-order valence-electron chi connectivity index (χ1n) is 8.31. The normalized spacial score (nSPS) is 10.5. The lowest BCUT2D eigenvalue weighted by molar-refractivity contribution is -0.115. The second-order valence-electron chi connectivity index (χ2n) is 6.07. The fourth-order valence-electron chi connectivity index (χ4n) is 2.59. The molecule has 1 aromatic heterocycles. The van der Waals surface area contributed by atoms with Crippen LogP contribution in [0.15, 0.2) is 53.1 Å². The number of anilines is 2. The van der Waals surface area contributed by atoms with Gasteiger partial charge in [0.05, 0.1) is 12.1 Å². The van der Waals surface area contributed by atoms with Crippen LogP contribution in [0.1, 0.15) is 27.4 Å². The van der Waals surface area contributed by atoms with Gasteiger partial charge in [0.25, 0.3) is 5.91 Å². The van der Waals surface area contributed by atoms with Crippen molar-refractivity contribution in [2.45, 2.75) is 20.3 Å². The maximum absolute atomic E-state index is 12.9. The van der Waals surface area contributed by atoms with Gasteiger partial charge < -0.3 is 15.2 Å². The Bertz CT molecular complexity index is 961. The Labute approximate surface area is 155 Å². The van der Waals surface area contributed by atoms with Crippen molar-refractivity contribution in [3.8, 4) is 0 Å². The molecule has 3 rings (SSSR count). The van der Waals surface area contributed by atoms with Gasteiger partial charge in [-0.25, -0.2) is 4.39 Å². The van der Waals surface area contributed by atoms with E-state index in [2.05, 4.69) is 15.8 Å². The van der Waals surface area contributed by atoms with Crippen LogP contribution in [0.4, 0.5) is 15.8 Å². The quantitative estimate of drug-likeness (QED) is 0.717. The third kappa shape index (κ3) is 4.58. The molecule has 0 aliphatic heterocycles. The number of nitrogens with one attached hydrogen (secondary N) is 2. The van der Waals surface area contributed by atoms with E-state index in [1.165, 1.54) is 24.3 Å². The monoisotopic (exact) mass is 367 g/mol. The summed E-state index contributed by atoms with van der Waals surface area (Å²) < 4.78 is 18.0. The zero-order valence-electron chi connectivity index (χ0n) is 14.9. The van der Waals surface area contributed by atoms with Gasteiger partial charge in [-0.05, 0) is 56.3 Å². The molecule has 0 saturated heterocycles. The average molecular weight is 367 g/mol. The number of hydrogen-bond acceptors (Lipinski definition) is 4. The topological polar surface area (TPSA) is 84.2 Å². The largest absolute Gasteiger partial charge is 0.361 e. The number of aromatic nitrogens is 1. The lowest BCUT2D eigenvalue weighted by Gasteiger charge is -2.08. The number of hydrogen-bond donors (Lipinski definition) is 2. The van der Waals surface area contributed by atoms with E-state index >= 15 is 0 Å². The number of halogens is 1. The molecular formula is C20H18FN3O3. The summed E-state index contributed by atoms with van der Waals surface area (Å²) in [5.74, 6) is -0.366. The summed E-state index contributed by atoms with van der Waals surface area (Å²) in [5.41, 5.74) is 2.77. The number of carbonyl (C=O) groups excluding carboxylic acids is 2. The SMILES string of the molecule is Cc1noc(C)c1CC(=O)Nc1cccc(C(=O)Nc2ccc(F)cc2)c1. The summed E-state index contributed by atoms with van der Waals surface area (Å²) in [4.78, 5) is 24.6. The van der Waals surface area contributed by atoms with Crippen LogP contribution in [0.25, 0.3) is 0 Å². The Hall–Kier alpha value is -3.48. The summed E-state index contributed by atoms with van der Waals surface area (Å²) in [7, 11) is 0. The van der Waals surface area contributed by atoms with Gasteiger partial charge in [0.15, 0.2) is 0 Å². The van der Waals surface area contributed by atoms with Crippen molar-refractivity contribution in [3.05, 3.63) is 76.9 Å². The molecule has 2 N–H and O–H groups in total. The fraction of sp³-hybridized carbons (Fsp3) is 0.150. The average Bonchev–Trinajstić information content (AvgIpc) is 2.96. The van der Waals surface area contributed by atoms with Crippen molar-refractivity contribution in [1.29, 1.82) is 0 Å². The molecule has 0 atom stereocenters. The van der Waals surface area contributed by atoms with Crippen LogP contribution in [0, 0.1) is 19.7 Å². The molecule has 7 heteroatoms. The van der Waals surface area contributed by atoms with Gasteiger partial charge in [0.1, 0.15) is 11.6 Å². The van der Waals surface area contributed by atoms with Crippen molar-refractivity contribution in [1.82, 2.24) is 5.16 Å². The van der Waals surface area contributed by atoms with Gasteiger partial charge in [0, 0.05) is 22.5 Å². The molecule has 0 spiro atoms. The first-order chi connectivity index (χ1) is 12.9. The van der Waals surface area contributed by atoms with E-state index in [1.807, 2.05) is 0 Å². The van der Waals surface area contributed by atoms with Gasteiger partial charge in [-0.1, -0.05) is 11.2 Å². The van der Waals surface area contributed by atoms with Crippen LogP contribution in [-0.4, -0.2) is 17.0 Å². The molecule has 27 heavy (non-hydrogen) atoms. The molecule has 0 aliphatic rings. The van der Waals surface area contributed by atoms with E-state index in [0.29, 0.717) is 28.4 Å². The van der Waals surface area contributed by atoms with Gasteiger partial charge >= 0.3 is 0 Å². The lowest BCUT2D eigenvalue weighted by Crippen LogP contribution is -2.16. The first-order valence-corrected chi connectivity index (χ1v) is 8.31. The minimum atomic E-state index is -0.379. The number of nitrogens with zero attached hydrogens (tertiary/aromatic N) is 1. The molecule has 1 heterocycles. The zero-order chi connectivity index (χ0) is 19.4. The third-order valence-electron chi connectivity index (χ3n) is 4.03. The summed E-state index contributed by atoms with van der Waals surface area (Å²) in [6.07, 6.45) is 0.132. The van der Waals surface area contributed by atoms with Crippen LogP contribution >= 0.6 is 0 Å².